The van der Waals surface area contributed by atoms with Crippen LogP contribution in [-0.4, -0.2) is 21.9 Å². The number of nitrogens with zero attached hydrogens (tertiary/aromatic N) is 1. The highest BCUT2D eigenvalue weighted by Gasteiger charge is 2.31. The summed E-state index contributed by atoms with van der Waals surface area (Å²) in [6, 6.07) is 3.82. The van der Waals surface area contributed by atoms with Gasteiger partial charge in [0, 0.05) is 0 Å². The molecule has 1 aliphatic rings. The fourth-order valence-electron chi connectivity index (χ4n) is 2.42. The first-order chi connectivity index (χ1) is 9.31. The number of thioether (sulfide) groups is 1. The highest BCUT2D eigenvalue weighted by atomic mass is 32.2. The van der Waals surface area contributed by atoms with Crippen molar-refractivity contribution < 1.29 is 9.21 Å². The normalized spacial score (nSPS) is 19.3. The maximum absolute atomic E-state index is 11.9. The van der Waals surface area contributed by atoms with Crippen LogP contribution in [0.15, 0.2) is 22.8 Å². The average molecular weight is 281 g/mol. The minimum atomic E-state index is 0.250. The minimum absolute atomic E-state index is 0.250. The maximum Gasteiger partial charge on any atom is 0.233 e. The zero-order chi connectivity index (χ0) is 13.5. The summed E-state index contributed by atoms with van der Waals surface area (Å²) in [4.78, 5) is 13.9. The van der Waals surface area contributed by atoms with E-state index in [0.717, 1.165) is 12.2 Å². The second-order valence-corrected chi connectivity index (χ2v) is 6.24. The Bertz CT molecular complexity index is 378. The van der Waals surface area contributed by atoms with Gasteiger partial charge < -0.3 is 9.32 Å². The van der Waals surface area contributed by atoms with E-state index in [1.165, 1.54) is 32.1 Å². The zero-order valence-electron chi connectivity index (χ0n) is 11.6. The topological polar surface area (TPSA) is 33.5 Å². The van der Waals surface area contributed by atoms with Crippen molar-refractivity contribution in [2.45, 2.75) is 57.4 Å². The quantitative estimate of drug-likeness (QED) is 0.674. The summed E-state index contributed by atoms with van der Waals surface area (Å²) in [6.45, 7) is 2.86. The second-order valence-electron chi connectivity index (χ2n) is 5.07. The van der Waals surface area contributed by atoms with Gasteiger partial charge in [-0.25, -0.2) is 0 Å². The molecule has 3 nitrogen and oxygen atoms in total. The third-order valence-electron chi connectivity index (χ3n) is 3.53. The summed E-state index contributed by atoms with van der Waals surface area (Å²) < 4.78 is 5.35. The van der Waals surface area contributed by atoms with E-state index in [0.29, 0.717) is 17.7 Å². The Morgan fingerprint density at radius 3 is 2.95 bits per heavy atom. The molecule has 0 aromatic carbocycles. The van der Waals surface area contributed by atoms with Crippen molar-refractivity contribution in [1.82, 2.24) is 4.90 Å². The van der Waals surface area contributed by atoms with Crippen molar-refractivity contribution in [2.75, 3.05) is 5.75 Å². The van der Waals surface area contributed by atoms with E-state index in [-0.39, 0.29) is 5.91 Å². The third kappa shape index (κ3) is 4.30. The SMILES string of the molecule is CCCCCCCC1SCC(=O)N1Cc1ccco1. The van der Waals surface area contributed by atoms with Crippen molar-refractivity contribution in [3.63, 3.8) is 0 Å². The van der Waals surface area contributed by atoms with Crippen LogP contribution in [0.2, 0.25) is 0 Å². The first-order valence-corrected chi connectivity index (χ1v) is 8.29. The molecule has 2 rings (SSSR count). The van der Waals surface area contributed by atoms with Gasteiger partial charge in [-0.05, 0) is 18.6 Å². The fourth-order valence-corrected chi connectivity index (χ4v) is 3.63. The molecule has 4 heteroatoms. The van der Waals surface area contributed by atoms with E-state index >= 15 is 0 Å². The number of hydrogen-bond donors (Lipinski definition) is 0. The number of carbonyl (C=O) groups excluding carboxylic acids is 1. The van der Waals surface area contributed by atoms with Crippen LogP contribution in [0.5, 0.6) is 0 Å². The molecule has 1 unspecified atom stereocenters. The van der Waals surface area contributed by atoms with E-state index in [4.69, 9.17) is 4.42 Å². The molecule has 1 aliphatic heterocycles. The van der Waals surface area contributed by atoms with Gasteiger partial charge in [0.2, 0.25) is 5.91 Å². The smallest absolute Gasteiger partial charge is 0.233 e. The summed E-state index contributed by atoms with van der Waals surface area (Å²) in [5.41, 5.74) is 0. The number of furan rings is 1. The predicted molar refractivity (Wildman–Crippen MR) is 78.9 cm³/mol. The molecule has 0 N–H and O–H groups in total. The molecule has 0 radical (unpaired) electrons. The van der Waals surface area contributed by atoms with E-state index in [9.17, 15) is 4.79 Å². The molecule has 1 aromatic rings. The van der Waals surface area contributed by atoms with Gasteiger partial charge in [-0.3, -0.25) is 4.79 Å². The van der Waals surface area contributed by atoms with Gasteiger partial charge in [0.15, 0.2) is 0 Å². The molecular weight excluding hydrogens is 258 g/mol. The Balaban J connectivity index is 1.77. The lowest BCUT2D eigenvalue weighted by molar-refractivity contribution is -0.128. The lowest BCUT2D eigenvalue weighted by Crippen LogP contribution is -2.32. The van der Waals surface area contributed by atoms with Crippen molar-refractivity contribution >= 4 is 17.7 Å². The molecule has 2 heterocycles. The Labute approximate surface area is 119 Å². The molecule has 1 atom stereocenters. The van der Waals surface area contributed by atoms with E-state index in [1.807, 2.05) is 17.0 Å². The van der Waals surface area contributed by atoms with E-state index in [2.05, 4.69) is 6.92 Å². The second kappa shape index (κ2) is 7.63. The van der Waals surface area contributed by atoms with Crippen molar-refractivity contribution in [3.05, 3.63) is 24.2 Å². The maximum atomic E-state index is 11.9. The highest BCUT2D eigenvalue weighted by Crippen LogP contribution is 2.30. The lowest BCUT2D eigenvalue weighted by Gasteiger charge is -2.22. The predicted octanol–water partition coefficient (Wildman–Crippen LogP) is 4.04. The molecule has 0 saturated carbocycles. The summed E-state index contributed by atoms with van der Waals surface area (Å²) in [5.74, 6) is 1.76. The van der Waals surface area contributed by atoms with Crippen LogP contribution in [0.25, 0.3) is 0 Å². The summed E-state index contributed by atoms with van der Waals surface area (Å²) >= 11 is 1.78. The molecule has 0 bridgehead atoms. The number of amides is 1. The first-order valence-electron chi connectivity index (χ1n) is 7.24. The van der Waals surface area contributed by atoms with E-state index < -0.39 is 0 Å². The largest absolute Gasteiger partial charge is 0.467 e. The van der Waals surface area contributed by atoms with Gasteiger partial charge in [0.25, 0.3) is 0 Å². The molecule has 1 aromatic heterocycles. The van der Waals surface area contributed by atoms with Crippen LogP contribution >= 0.6 is 11.8 Å². The van der Waals surface area contributed by atoms with Gasteiger partial charge in [0.05, 0.1) is 23.9 Å². The first kappa shape index (κ1) is 14.5. The molecular formula is C15H23NO2S. The van der Waals surface area contributed by atoms with Gasteiger partial charge >= 0.3 is 0 Å². The van der Waals surface area contributed by atoms with Crippen molar-refractivity contribution in [3.8, 4) is 0 Å². The molecule has 1 amide bonds. The van der Waals surface area contributed by atoms with Gasteiger partial charge in [-0.15, -0.1) is 11.8 Å². The number of unbranched alkanes of at least 4 members (excludes halogenated alkanes) is 4. The zero-order valence-corrected chi connectivity index (χ0v) is 12.5. The molecule has 1 fully saturated rings. The van der Waals surface area contributed by atoms with Crippen LogP contribution in [0, 0.1) is 0 Å². The van der Waals surface area contributed by atoms with Crippen LogP contribution in [-0.2, 0) is 11.3 Å². The minimum Gasteiger partial charge on any atom is -0.467 e. The Hall–Kier alpha value is -0.900. The fraction of sp³-hybridized carbons (Fsp3) is 0.667. The van der Waals surface area contributed by atoms with Crippen LogP contribution in [0.3, 0.4) is 0 Å². The number of rotatable bonds is 8. The number of carbonyl (C=O) groups is 1. The van der Waals surface area contributed by atoms with Crippen molar-refractivity contribution in [1.29, 1.82) is 0 Å². The highest BCUT2D eigenvalue weighted by molar-refractivity contribution is 8.00. The van der Waals surface area contributed by atoms with Crippen LogP contribution in [0.4, 0.5) is 0 Å². The standard InChI is InChI=1S/C15H23NO2S/c1-2-3-4-5-6-9-15-16(14(17)12-19-15)11-13-8-7-10-18-13/h7-8,10,15H,2-6,9,11-12H2,1H3. The van der Waals surface area contributed by atoms with Gasteiger partial charge in [0.1, 0.15) is 5.76 Å². The average Bonchev–Trinajstić information content (AvgIpc) is 3.03. The summed E-state index contributed by atoms with van der Waals surface area (Å²) in [6.07, 6.45) is 9.21. The summed E-state index contributed by atoms with van der Waals surface area (Å²) in [5, 5.41) is 0.347. The Kier molecular flexibility index (Phi) is 5.83. The molecule has 106 valence electrons. The third-order valence-corrected chi connectivity index (χ3v) is 4.82. The van der Waals surface area contributed by atoms with Crippen molar-refractivity contribution in [2.24, 2.45) is 0 Å². The molecule has 0 aliphatic carbocycles. The van der Waals surface area contributed by atoms with Gasteiger partial charge in [-0.1, -0.05) is 39.0 Å². The number of hydrogen-bond acceptors (Lipinski definition) is 3. The van der Waals surface area contributed by atoms with Crippen LogP contribution < -0.4 is 0 Å². The molecule has 1 saturated heterocycles. The van der Waals surface area contributed by atoms with Gasteiger partial charge in [-0.2, -0.15) is 0 Å². The van der Waals surface area contributed by atoms with Crippen LogP contribution in [0.1, 0.15) is 51.2 Å². The lowest BCUT2D eigenvalue weighted by atomic mass is 10.1. The monoisotopic (exact) mass is 281 g/mol. The van der Waals surface area contributed by atoms with E-state index in [1.54, 1.807) is 18.0 Å². The molecule has 19 heavy (non-hydrogen) atoms. The summed E-state index contributed by atoms with van der Waals surface area (Å²) in [7, 11) is 0. The molecule has 0 spiro atoms. The Morgan fingerprint density at radius 1 is 1.37 bits per heavy atom. The Morgan fingerprint density at radius 2 is 2.21 bits per heavy atom.